The van der Waals surface area contributed by atoms with Crippen molar-refractivity contribution in [3.05, 3.63) is 67.1 Å². The van der Waals surface area contributed by atoms with Gasteiger partial charge in [-0.15, -0.1) is 0 Å². The van der Waals surface area contributed by atoms with Crippen LogP contribution in [0, 0.1) is 24.2 Å². The highest BCUT2D eigenvalue weighted by Gasteiger charge is 2.44. The number of nitriles is 1. The van der Waals surface area contributed by atoms with E-state index in [4.69, 9.17) is 21.1 Å². The van der Waals surface area contributed by atoms with E-state index < -0.39 is 23.7 Å². The Morgan fingerprint density at radius 2 is 2.00 bits per heavy atom. The summed E-state index contributed by atoms with van der Waals surface area (Å²) in [7, 11) is 1.18. The van der Waals surface area contributed by atoms with Crippen molar-refractivity contribution in [3.63, 3.8) is 0 Å². The molecule has 38 heavy (non-hydrogen) atoms. The molecule has 0 spiro atoms. The monoisotopic (exact) mass is 619 g/mol. The van der Waals surface area contributed by atoms with Crippen molar-refractivity contribution in [3.8, 4) is 11.8 Å². The van der Waals surface area contributed by atoms with E-state index in [0.717, 1.165) is 39.5 Å². The van der Waals surface area contributed by atoms with Crippen LogP contribution in [-0.4, -0.2) is 37.3 Å². The Labute approximate surface area is 239 Å². The first-order chi connectivity index (χ1) is 18.1. The topological polar surface area (TPSA) is 118 Å². The maximum Gasteiger partial charge on any atom is 0.319 e. The third-order valence-corrected chi connectivity index (χ3v) is 7.74. The second kappa shape index (κ2) is 13.2. The number of hydrogen-bond acceptors (Lipinski definition) is 7. The molecule has 0 saturated heterocycles. The zero-order valence-electron chi connectivity index (χ0n) is 21.3. The number of allylic oxidation sites excluding steroid dienone is 1. The molecular formula is C27H27BrClN3O5S. The molecule has 1 heterocycles. The number of carbonyl (C=O) groups is 3. The molecule has 2 amide bonds. The summed E-state index contributed by atoms with van der Waals surface area (Å²) >= 11 is 10.9. The van der Waals surface area contributed by atoms with Crippen LogP contribution in [0.25, 0.3) is 0 Å². The van der Waals surface area contributed by atoms with Gasteiger partial charge in [0.05, 0.1) is 41.2 Å². The molecule has 2 N–H and O–H groups in total. The minimum Gasteiger partial charge on any atom is -0.492 e. The number of aryl methyl sites for hydroxylation is 2. The van der Waals surface area contributed by atoms with Gasteiger partial charge in [-0.05, 0) is 61.2 Å². The first-order valence-corrected chi connectivity index (χ1v) is 14.0. The quantitative estimate of drug-likeness (QED) is 0.282. The van der Waals surface area contributed by atoms with Gasteiger partial charge in [0.15, 0.2) is 0 Å². The number of amides is 2. The Bertz CT molecular complexity index is 1340. The molecule has 0 unspecified atom stereocenters. The predicted molar refractivity (Wildman–Crippen MR) is 151 cm³/mol. The Kier molecular flexibility index (Phi) is 10.3. The van der Waals surface area contributed by atoms with E-state index in [1.165, 1.54) is 7.11 Å². The lowest BCUT2D eigenvalue weighted by Crippen LogP contribution is -2.44. The summed E-state index contributed by atoms with van der Waals surface area (Å²) in [6.07, 6.45) is 0.726. The highest BCUT2D eigenvalue weighted by molar-refractivity contribution is 9.10. The van der Waals surface area contributed by atoms with Crippen molar-refractivity contribution in [1.29, 1.82) is 5.26 Å². The molecule has 1 aliphatic heterocycles. The number of rotatable bonds is 9. The molecule has 0 bridgehead atoms. The second-order valence-corrected chi connectivity index (χ2v) is 10.7. The predicted octanol–water partition coefficient (Wildman–Crippen LogP) is 5.48. The van der Waals surface area contributed by atoms with Gasteiger partial charge in [0, 0.05) is 16.1 Å². The number of methoxy groups -OCH3 is 1. The van der Waals surface area contributed by atoms with Crippen LogP contribution in [0.3, 0.4) is 0 Å². The summed E-state index contributed by atoms with van der Waals surface area (Å²) in [4.78, 5) is 38.6. The molecule has 0 fully saturated rings. The van der Waals surface area contributed by atoms with Gasteiger partial charge in [-0.3, -0.25) is 14.4 Å². The fourth-order valence-electron chi connectivity index (χ4n) is 4.25. The summed E-state index contributed by atoms with van der Waals surface area (Å²) in [6, 6.07) is 10.8. The van der Waals surface area contributed by atoms with Gasteiger partial charge < -0.3 is 20.1 Å². The van der Waals surface area contributed by atoms with Crippen molar-refractivity contribution in [2.75, 3.05) is 24.8 Å². The van der Waals surface area contributed by atoms with E-state index in [0.29, 0.717) is 17.9 Å². The lowest BCUT2D eigenvalue weighted by atomic mass is 9.78. The third kappa shape index (κ3) is 6.52. The largest absolute Gasteiger partial charge is 0.492 e. The van der Waals surface area contributed by atoms with Crippen LogP contribution in [0.1, 0.15) is 36.5 Å². The van der Waals surface area contributed by atoms with Crippen LogP contribution in [0.2, 0.25) is 5.02 Å². The van der Waals surface area contributed by atoms with E-state index in [1.807, 2.05) is 32.9 Å². The number of carbonyl (C=O) groups excluding carboxylic acids is 3. The molecule has 11 heteroatoms. The van der Waals surface area contributed by atoms with Crippen molar-refractivity contribution in [2.45, 2.75) is 33.1 Å². The van der Waals surface area contributed by atoms with E-state index >= 15 is 0 Å². The molecule has 0 aromatic heterocycles. The summed E-state index contributed by atoms with van der Waals surface area (Å²) in [5.74, 6) is -3.62. The first-order valence-electron chi connectivity index (χ1n) is 11.8. The normalized spacial score (nSPS) is 16.9. The number of thioether (sulfide) groups is 1. The molecule has 0 aliphatic carbocycles. The average molecular weight is 621 g/mol. The SMILES string of the molecule is CCOc1ccc([C@H]2C(C#N)=C(SCC(=O)Nc3c(C)cc(Br)cc3CC)NC(=O)[C@H]2C(=O)OC)cc1Cl. The number of benzene rings is 2. The van der Waals surface area contributed by atoms with Crippen LogP contribution < -0.4 is 15.4 Å². The van der Waals surface area contributed by atoms with E-state index in [-0.39, 0.29) is 27.3 Å². The number of anilines is 1. The number of halogens is 2. The van der Waals surface area contributed by atoms with Crippen LogP contribution in [0.5, 0.6) is 5.75 Å². The number of esters is 1. The standard InChI is InChI=1S/C27H27BrClN3O5S/c1-5-15-10-17(28)9-14(3)24(15)31-21(33)13-38-26-18(12-30)22(23(25(34)32-26)27(35)36-4)16-7-8-20(37-6-2)19(29)11-16/h7-11,22-23H,5-6,13H2,1-4H3,(H,31,33)(H,32,34)/t22-,23-/m0/s1. The number of ether oxygens (including phenoxy) is 2. The fraction of sp³-hybridized carbons (Fsp3) is 0.333. The summed E-state index contributed by atoms with van der Waals surface area (Å²) in [5.41, 5.74) is 3.22. The number of nitrogens with one attached hydrogen (secondary N) is 2. The van der Waals surface area contributed by atoms with E-state index in [1.54, 1.807) is 18.2 Å². The molecule has 8 nitrogen and oxygen atoms in total. The highest BCUT2D eigenvalue weighted by Crippen LogP contribution is 2.42. The Morgan fingerprint density at radius 3 is 2.61 bits per heavy atom. The molecular weight excluding hydrogens is 594 g/mol. The Hall–Kier alpha value is -3.00. The van der Waals surface area contributed by atoms with Gasteiger partial charge >= 0.3 is 5.97 Å². The molecule has 1 aliphatic rings. The first kappa shape index (κ1) is 29.6. The molecule has 0 saturated carbocycles. The fourth-order valence-corrected chi connectivity index (χ4v) is 5.96. The minimum absolute atomic E-state index is 0.0703. The Balaban J connectivity index is 1.94. The van der Waals surface area contributed by atoms with Crippen LogP contribution >= 0.6 is 39.3 Å². The Morgan fingerprint density at radius 1 is 1.26 bits per heavy atom. The zero-order valence-corrected chi connectivity index (χ0v) is 24.5. The van der Waals surface area contributed by atoms with Gasteiger partial charge in [-0.25, -0.2) is 0 Å². The van der Waals surface area contributed by atoms with Gasteiger partial charge in [0.2, 0.25) is 11.8 Å². The summed E-state index contributed by atoms with van der Waals surface area (Å²) in [5, 5.41) is 16.1. The van der Waals surface area contributed by atoms with Crippen molar-refractivity contribution in [1.82, 2.24) is 5.32 Å². The van der Waals surface area contributed by atoms with Crippen molar-refractivity contribution >= 4 is 62.8 Å². The molecule has 200 valence electrons. The van der Waals surface area contributed by atoms with E-state index in [9.17, 15) is 19.6 Å². The summed E-state index contributed by atoms with van der Waals surface area (Å²) in [6.45, 7) is 6.13. The van der Waals surface area contributed by atoms with Crippen LogP contribution in [0.4, 0.5) is 5.69 Å². The zero-order chi connectivity index (χ0) is 28.0. The maximum atomic E-state index is 13.1. The van der Waals surface area contributed by atoms with Gasteiger partial charge in [0.1, 0.15) is 11.7 Å². The van der Waals surface area contributed by atoms with Crippen molar-refractivity contribution < 1.29 is 23.9 Å². The molecule has 2 aromatic rings. The maximum absolute atomic E-state index is 13.1. The van der Waals surface area contributed by atoms with Crippen LogP contribution in [0.15, 0.2) is 45.4 Å². The number of nitrogens with zero attached hydrogens (tertiary/aromatic N) is 1. The lowest BCUT2D eigenvalue weighted by Gasteiger charge is -2.31. The lowest BCUT2D eigenvalue weighted by molar-refractivity contribution is -0.150. The van der Waals surface area contributed by atoms with Gasteiger partial charge in [-0.2, -0.15) is 5.26 Å². The molecule has 2 atom stereocenters. The summed E-state index contributed by atoms with van der Waals surface area (Å²) < 4.78 is 11.3. The smallest absolute Gasteiger partial charge is 0.319 e. The average Bonchev–Trinajstić information content (AvgIpc) is 2.89. The minimum atomic E-state index is -1.31. The van der Waals surface area contributed by atoms with Crippen molar-refractivity contribution in [2.24, 2.45) is 5.92 Å². The molecule has 0 radical (unpaired) electrons. The second-order valence-electron chi connectivity index (χ2n) is 8.39. The van der Waals surface area contributed by atoms with Crippen LogP contribution in [-0.2, 0) is 25.5 Å². The van der Waals surface area contributed by atoms with E-state index in [2.05, 4.69) is 32.6 Å². The molecule has 2 aromatic carbocycles. The molecule has 3 rings (SSSR count). The third-order valence-electron chi connectivity index (χ3n) is 5.97. The van der Waals surface area contributed by atoms with Gasteiger partial charge in [0.25, 0.3) is 0 Å². The highest BCUT2D eigenvalue weighted by atomic mass is 79.9. The van der Waals surface area contributed by atoms with Gasteiger partial charge in [-0.1, -0.05) is 52.3 Å². The number of hydrogen-bond donors (Lipinski definition) is 2.